The summed E-state index contributed by atoms with van der Waals surface area (Å²) in [5.41, 5.74) is 0. The fourth-order valence-corrected chi connectivity index (χ4v) is 2.66. The Kier molecular flexibility index (Phi) is 9.20. The van der Waals surface area contributed by atoms with E-state index in [0.717, 1.165) is 51.8 Å². The zero-order valence-corrected chi connectivity index (χ0v) is 15.7. The summed E-state index contributed by atoms with van der Waals surface area (Å²) in [5, 5.41) is 3.32. The molecular formula is C19H30FN3O3. The van der Waals surface area contributed by atoms with Crippen molar-refractivity contribution >= 4 is 5.96 Å². The average Bonchev–Trinajstić information content (AvgIpc) is 3.16. The average molecular weight is 367 g/mol. The lowest BCUT2D eigenvalue weighted by Gasteiger charge is -2.22. The van der Waals surface area contributed by atoms with Crippen LogP contribution >= 0.6 is 0 Å². The lowest BCUT2D eigenvalue weighted by atomic mass is 10.1. The molecule has 0 saturated carbocycles. The Balaban J connectivity index is 1.54. The van der Waals surface area contributed by atoms with Crippen LogP contribution in [0.1, 0.15) is 12.8 Å². The molecule has 0 amide bonds. The largest absolute Gasteiger partial charge is 0.492 e. The molecule has 26 heavy (non-hydrogen) atoms. The highest BCUT2D eigenvalue weighted by molar-refractivity contribution is 5.79. The topological polar surface area (TPSA) is 55.3 Å². The van der Waals surface area contributed by atoms with Gasteiger partial charge in [0.25, 0.3) is 0 Å². The SMILES string of the molecule is CN=C(NCCCOCC1CCOC1)N(C)CCOc1ccc(F)cc1. The Labute approximate surface area is 155 Å². The van der Waals surface area contributed by atoms with Crippen molar-refractivity contribution in [2.45, 2.75) is 12.8 Å². The second kappa shape index (κ2) is 11.7. The monoisotopic (exact) mass is 367 g/mol. The fourth-order valence-electron chi connectivity index (χ4n) is 2.66. The fraction of sp³-hybridized carbons (Fsp3) is 0.632. The molecule has 6 nitrogen and oxygen atoms in total. The third-order valence-corrected chi connectivity index (χ3v) is 4.21. The van der Waals surface area contributed by atoms with Gasteiger partial charge in [0.15, 0.2) is 5.96 Å². The molecule has 0 bridgehead atoms. The number of hydrogen-bond acceptors (Lipinski definition) is 4. The first kappa shape index (κ1) is 20.5. The molecule has 1 aliphatic heterocycles. The lowest BCUT2D eigenvalue weighted by Crippen LogP contribution is -2.41. The van der Waals surface area contributed by atoms with E-state index in [1.54, 1.807) is 19.2 Å². The summed E-state index contributed by atoms with van der Waals surface area (Å²) in [6, 6.07) is 6.03. The summed E-state index contributed by atoms with van der Waals surface area (Å²) >= 11 is 0. The summed E-state index contributed by atoms with van der Waals surface area (Å²) in [5.74, 6) is 1.77. The maximum absolute atomic E-state index is 12.9. The second-order valence-electron chi connectivity index (χ2n) is 6.36. The standard InChI is InChI=1S/C19H30FN3O3/c1-21-19(22-9-3-11-24-14-16-8-12-25-15-16)23(2)10-13-26-18-6-4-17(20)5-7-18/h4-7,16H,3,8-15H2,1-2H3,(H,21,22). The summed E-state index contributed by atoms with van der Waals surface area (Å²) in [7, 11) is 3.72. The Morgan fingerprint density at radius 1 is 1.35 bits per heavy atom. The minimum absolute atomic E-state index is 0.264. The molecule has 0 aromatic heterocycles. The van der Waals surface area contributed by atoms with Gasteiger partial charge in [-0.3, -0.25) is 4.99 Å². The van der Waals surface area contributed by atoms with E-state index in [1.165, 1.54) is 12.1 Å². The van der Waals surface area contributed by atoms with Crippen LogP contribution in [0.25, 0.3) is 0 Å². The summed E-state index contributed by atoms with van der Waals surface area (Å²) in [4.78, 5) is 6.28. The zero-order valence-electron chi connectivity index (χ0n) is 15.7. The van der Waals surface area contributed by atoms with Gasteiger partial charge in [-0.15, -0.1) is 0 Å². The smallest absolute Gasteiger partial charge is 0.193 e. The summed E-state index contributed by atoms with van der Waals surface area (Å²) in [6.07, 6.45) is 2.03. The van der Waals surface area contributed by atoms with E-state index in [9.17, 15) is 4.39 Å². The van der Waals surface area contributed by atoms with Gasteiger partial charge in [-0.1, -0.05) is 0 Å². The van der Waals surface area contributed by atoms with E-state index < -0.39 is 0 Å². The minimum Gasteiger partial charge on any atom is -0.492 e. The summed E-state index contributed by atoms with van der Waals surface area (Å²) in [6.45, 7) is 5.19. The van der Waals surface area contributed by atoms with Gasteiger partial charge in [-0.2, -0.15) is 0 Å². The third kappa shape index (κ3) is 7.58. The van der Waals surface area contributed by atoms with Crippen LogP contribution < -0.4 is 10.1 Å². The number of guanidine groups is 1. The minimum atomic E-state index is -0.264. The quantitative estimate of drug-likeness (QED) is 0.390. The van der Waals surface area contributed by atoms with Gasteiger partial charge in [-0.25, -0.2) is 4.39 Å². The van der Waals surface area contributed by atoms with Crippen LogP contribution in [0, 0.1) is 11.7 Å². The molecule has 7 heteroatoms. The molecular weight excluding hydrogens is 337 g/mol. The number of nitrogens with one attached hydrogen (secondary N) is 1. The van der Waals surface area contributed by atoms with E-state index in [4.69, 9.17) is 14.2 Å². The van der Waals surface area contributed by atoms with Crippen molar-refractivity contribution in [1.82, 2.24) is 10.2 Å². The second-order valence-corrected chi connectivity index (χ2v) is 6.36. The molecule has 1 aliphatic rings. The van der Waals surface area contributed by atoms with E-state index in [0.29, 0.717) is 24.8 Å². The van der Waals surface area contributed by atoms with E-state index >= 15 is 0 Å². The number of likely N-dealkylation sites (N-methyl/N-ethyl adjacent to an activating group) is 1. The number of ether oxygens (including phenoxy) is 3. The Hall–Kier alpha value is -1.86. The van der Waals surface area contributed by atoms with Crippen molar-refractivity contribution < 1.29 is 18.6 Å². The van der Waals surface area contributed by atoms with Gasteiger partial charge in [-0.05, 0) is 37.1 Å². The molecule has 1 unspecified atom stereocenters. The van der Waals surface area contributed by atoms with E-state index in [2.05, 4.69) is 10.3 Å². The van der Waals surface area contributed by atoms with Crippen LogP contribution in [0.5, 0.6) is 5.75 Å². The van der Waals surface area contributed by atoms with Crippen LogP contribution in [0.3, 0.4) is 0 Å². The Morgan fingerprint density at radius 3 is 2.85 bits per heavy atom. The zero-order chi connectivity index (χ0) is 18.6. The van der Waals surface area contributed by atoms with Crippen molar-refractivity contribution in [3.8, 4) is 5.75 Å². The molecule has 1 atom stereocenters. The van der Waals surface area contributed by atoms with Crippen molar-refractivity contribution in [2.75, 3.05) is 60.2 Å². The molecule has 1 aromatic rings. The maximum Gasteiger partial charge on any atom is 0.193 e. The molecule has 1 N–H and O–H groups in total. The number of rotatable bonds is 10. The molecule has 146 valence electrons. The first-order valence-electron chi connectivity index (χ1n) is 9.14. The van der Waals surface area contributed by atoms with E-state index in [-0.39, 0.29) is 5.82 Å². The van der Waals surface area contributed by atoms with Gasteiger partial charge in [0, 0.05) is 39.8 Å². The molecule has 1 aromatic carbocycles. The van der Waals surface area contributed by atoms with Crippen LogP contribution in [0.15, 0.2) is 29.3 Å². The highest BCUT2D eigenvalue weighted by atomic mass is 19.1. The molecule has 1 heterocycles. The predicted octanol–water partition coefficient (Wildman–Crippen LogP) is 2.15. The van der Waals surface area contributed by atoms with Crippen molar-refractivity contribution in [1.29, 1.82) is 0 Å². The first-order chi connectivity index (χ1) is 12.7. The Morgan fingerprint density at radius 2 is 2.15 bits per heavy atom. The van der Waals surface area contributed by atoms with Crippen LogP contribution in [0.4, 0.5) is 4.39 Å². The molecule has 0 aliphatic carbocycles. The maximum atomic E-state index is 12.9. The van der Waals surface area contributed by atoms with Gasteiger partial charge in [0.05, 0.1) is 19.8 Å². The molecule has 2 rings (SSSR count). The van der Waals surface area contributed by atoms with Crippen LogP contribution in [-0.4, -0.2) is 71.1 Å². The van der Waals surface area contributed by atoms with Crippen LogP contribution in [0.2, 0.25) is 0 Å². The number of benzene rings is 1. The van der Waals surface area contributed by atoms with Gasteiger partial charge in [0.1, 0.15) is 18.2 Å². The predicted molar refractivity (Wildman–Crippen MR) is 100 cm³/mol. The van der Waals surface area contributed by atoms with Crippen molar-refractivity contribution in [2.24, 2.45) is 10.9 Å². The first-order valence-corrected chi connectivity index (χ1v) is 9.14. The highest BCUT2D eigenvalue weighted by Crippen LogP contribution is 2.12. The van der Waals surface area contributed by atoms with Crippen molar-refractivity contribution in [3.63, 3.8) is 0 Å². The lowest BCUT2D eigenvalue weighted by molar-refractivity contribution is 0.0887. The molecule has 0 radical (unpaired) electrons. The number of halogens is 1. The van der Waals surface area contributed by atoms with Gasteiger partial charge in [0.2, 0.25) is 0 Å². The van der Waals surface area contributed by atoms with Crippen molar-refractivity contribution in [3.05, 3.63) is 30.1 Å². The number of nitrogens with zero attached hydrogens (tertiary/aromatic N) is 2. The number of aliphatic imine (C=N–C) groups is 1. The van der Waals surface area contributed by atoms with Gasteiger partial charge >= 0.3 is 0 Å². The van der Waals surface area contributed by atoms with Gasteiger partial charge < -0.3 is 24.4 Å². The van der Waals surface area contributed by atoms with E-state index in [1.807, 2.05) is 11.9 Å². The van der Waals surface area contributed by atoms with Crippen LogP contribution in [-0.2, 0) is 9.47 Å². The molecule has 0 spiro atoms. The Bertz CT molecular complexity index is 533. The molecule has 1 fully saturated rings. The normalized spacial score (nSPS) is 17.3. The highest BCUT2D eigenvalue weighted by Gasteiger charge is 2.15. The third-order valence-electron chi connectivity index (χ3n) is 4.21. The number of hydrogen-bond donors (Lipinski definition) is 1. The summed E-state index contributed by atoms with van der Waals surface area (Å²) < 4.78 is 29.5. The molecule has 1 saturated heterocycles.